The summed E-state index contributed by atoms with van der Waals surface area (Å²) >= 11 is 0. The number of hydrogen-bond acceptors (Lipinski definition) is 3. The van der Waals surface area contributed by atoms with Gasteiger partial charge in [-0.3, -0.25) is 4.89 Å². The molecule has 0 aliphatic heterocycles. The number of rotatable bonds is 9. The summed E-state index contributed by atoms with van der Waals surface area (Å²) in [6.45, 7) is 4.47. The van der Waals surface area contributed by atoms with Crippen molar-refractivity contribution in [1.29, 1.82) is 0 Å². The number of carbonyl (C=O) groups excluding carboxylic acids is 1. The Hall–Kier alpha value is -0.570. The molecule has 0 aromatic rings. The van der Waals surface area contributed by atoms with Gasteiger partial charge in [-0.2, -0.15) is 4.89 Å². The van der Waals surface area contributed by atoms with E-state index in [1.807, 2.05) is 0 Å². The Kier molecular flexibility index (Phi) is 10.1. The molecular formula is C11H22O3. The van der Waals surface area contributed by atoms with E-state index in [0.717, 1.165) is 12.8 Å². The first-order valence-electron chi connectivity index (χ1n) is 5.63. The summed E-state index contributed by atoms with van der Waals surface area (Å²) in [5.74, 6) is -0.295. The first-order chi connectivity index (χ1) is 6.81. The minimum atomic E-state index is -0.295. The molecule has 0 saturated carbocycles. The fourth-order valence-electron chi connectivity index (χ4n) is 1.11. The van der Waals surface area contributed by atoms with Crippen LogP contribution in [0.1, 0.15) is 58.8 Å². The molecule has 0 saturated heterocycles. The molecule has 3 nitrogen and oxygen atoms in total. The smallest absolute Gasteiger partial charge is 0.298 e. The normalized spacial score (nSPS) is 10.1. The van der Waals surface area contributed by atoms with Crippen LogP contribution in [0.3, 0.4) is 0 Å². The van der Waals surface area contributed by atoms with Gasteiger partial charge < -0.3 is 0 Å². The summed E-state index contributed by atoms with van der Waals surface area (Å²) in [6, 6.07) is 0. The van der Waals surface area contributed by atoms with Gasteiger partial charge in [0.05, 0.1) is 6.61 Å². The minimum Gasteiger partial charge on any atom is -0.298 e. The maximum Gasteiger partial charge on any atom is 0.342 e. The van der Waals surface area contributed by atoms with Gasteiger partial charge in [0, 0.05) is 6.42 Å². The molecule has 0 heterocycles. The summed E-state index contributed by atoms with van der Waals surface area (Å²) in [6.07, 6.45) is 7.63. The van der Waals surface area contributed by atoms with Crippen LogP contribution in [0.2, 0.25) is 0 Å². The Labute approximate surface area is 86.7 Å². The van der Waals surface area contributed by atoms with Crippen LogP contribution in [-0.4, -0.2) is 12.6 Å². The van der Waals surface area contributed by atoms with Gasteiger partial charge in [-0.15, -0.1) is 0 Å². The van der Waals surface area contributed by atoms with Gasteiger partial charge in [-0.25, -0.2) is 4.79 Å². The minimum absolute atomic E-state index is 0.295. The van der Waals surface area contributed by atoms with Crippen molar-refractivity contribution in [3.63, 3.8) is 0 Å². The lowest BCUT2D eigenvalue weighted by atomic mass is 10.1. The third kappa shape index (κ3) is 9.52. The summed E-state index contributed by atoms with van der Waals surface area (Å²) in [7, 11) is 0. The summed E-state index contributed by atoms with van der Waals surface area (Å²) in [5, 5.41) is 0. The van der Waals surface area contributed by atoms with Gasteiger partial charge in [0.25, 0.3) is 0 Å². The van der Waals surface area contributed by atoms with Crippen LogP contribution in [0.4, 0.5) is 0 Å². The fraction of sp³-hybridized carbons (Fsp3) is 0.909. The van der Waals surface area contributed by atoms with Crippen molar-refractivity contribution >= 4 is 5.97 Å². The molecule has 0 aromatic heterocycles. The Morgan fingerprint density at radius 2 is 1.64 bits per heavy atom. The Morgan fingerprint density at radius 1 is 1.00 bits per heavy atom. The van der Waals surface area contributed by atoms with Crippen molar-refractivity contribution in [1.82, 2.24) is 0 Å². The first-order valence-corrected chi connectivity index (χ1v) is 5.63. The molecule has 0 rings (SSSR count). The highest BCUT2D eigenvalue weighted by atomic mass is 17.2. The molecule has 0 bridgehead atoms. The van der Waals surface area contributed by atoms with Crippen molar-refractivity contribution < 1.29 is 14.6 Å². The molecule has 0 aromatic carbocycles. The van der Waals surface area contributed by atoms with Crippen LogP contribution < -0.4 is 0 Å². The zero-order valence-electron chi connectivity index (χ0n) is 9.38. The van der Waals surface area contributed by atoms with Crippen molar-refractivity contribution in [3.8, 4) is 0 Å². The van der Waals surface area contributed by atoms with E-state index in [2.05, 4.69) is 11.8 Å². The largest absolute Gasteiger partial charge is 0.342 e. The zero-order chi connectivity index (χ0) is 10.6. The second kappa shape index (κ2) is 10.5. The van der Waals surface area contributed by atoms with E-state index < -0.39 is 0 Å². The lowest BCUT2D eigenvalue weighted by Crippen LogP contribution is -2.04. The highest BCUT2D eigenvalue weighted by molar-refractivity contribution is 5.68. The molecule has 0 spiro atoms. The second-order valence-corrected chi connectivity index (χ2v) is 3.40. The number of carbonyl (C=O) groups is 1. The molecule has 0 atom stereocenters. The van der Waals surface area contributed by atoms with Gasteiger partial charge >= 0.3 is 5.97 Å². The molecular weight excluding hydrogens is 180 g/mol. The first kappa shape index (κ1) is 13.4. The predicted octanol–water partition coefficient (Wildman–Crippen LogP) is 3.23. The monoisotopic (exact) mass is 202 g/mol. The molecule has 3 heteroatoms. The summed E-state index contributed by atoms with van der Waals surface area (Å²) in [5.41, 5.74) is 0. The Bertz CT molecular complexity index is 134. The topological polar surface area (TPSA) is 35.5 Å². The van der Waals surface area contributed by atoms with Crippen molar-refractivity contribution in [3.05, 3.63) is 0 Å². The van der Waals surface area contributed by atoms with Crippen LogP contribution in [0.5, 0.6) is 0 Å². The lowest BCUT2D eigenvalue weighted by Gasteiger charge is -2.02. The highest BCUT2D eigenvalue weighted by Crippen LogP contribution is 2.04. The highest BCUT2D eigenvalue weighted by Gasteiger charge is 1.98. The Morgan fingerprint density at radius 3 is 2.29 bits per heavy atom. The van der Waals surface area contributed by atoms with Gasteiger partial charge in [-0.1, -0.05) is 46.0 Å². The zero-order valence-corrected chi connectivity index (χ0v) is 9.38. The molecule has 0 radical (unpaired) electrons. The van der Waals surface area contributed by atoms with Crippen molar-refractivity contribution in [2.24, 2.45) is 0 Å². The van der Waals surface area contributed by atoms with Gasteiger partial charge in [0.15, 0.2) is 0 Å². The molecule has 14 heavy (non-hydrogen) atoms. The third-order valence-corrected chi connectivity index (χ3v) is 2.02. The average molecular weight is 202 g/mol. The predicted molar refractivity (Wildman–Crippen MR) is 55.7 cm³/mol. The van der Waals surface area contributed by atoms with Gasteiger partial charge in [-0.05, 0) is 6.42 Å². The molecule has 0 aliphatic rings. The van der Waals surface area contributed by atoms with Crippen molar-refractivity contribution in [2.45, 2.75) is 58.8 Å². The maximum atomic E-state index is 10.6. The van der Waals surface area contributed by atoms with Crippen LogP contribution >= 0.6 is 0 Å². The van der Waals surface area contributed by atoms with Crippen LogP contribution in [0, 0.1) is 0 Å². The van der Waals surface area contributed by atoms with E-state index in [1.165, 1.54) is 25.7 Å². The molecule has 0 unspecified atom stereocenters. The van der Waals surface area contributed by atoms with E-state index in [4.69, 9.17) is 4.89 Å². The molecule has 0 N–H and O–H groups in total. The Balaban J connectivity index is 2.95. The summed E-state index contributed by atoms with van der Waals surface area (Å²) < 4.78 is 0. The van der Waals surface area contributed by atoms with Gasteiger partial charge in [0.2, 0.25) is 0 Å². The quantitative estimate of drug-likeness (QED) is 0.327. The van der Waals surface area contributed by atoms with Crippen molar-refractivity contribution in [2.75, 3.05) is 6.61 Å². The van der Waals surface area contributed by atoms with E-state index >= 15 is 0 Å². The fourth-order valence-corrected chi connectivity index (χ4v) is 1.11. The third-order valence-electron chi connectivity index (χ3n) is 2.02. The van der Waals surface area contributed by atoms with Crippen LogP contribution in [0.15, 0.2) is 0 Å². The van der Waals surface area contributed by atoms with E-state index in [1.54, 1.807) is 6.92 Å². The molecule has 84 valence electrons. The maximum absolute atomic E-state index is 10.6. The standard InChI is InChI=1S/C11H22O3/c1-3-5-6-7-8-9-10-13-14-11(12)4-2/h3-10H2,1-2H3. The van der Waals surface area contributed by atoms with Crippen LogP contribution in [0.25, 0.3) is 0 Å². The van der Waals surface area contributed by atoms with E-state index in [0.29, 0.717) is 13.0 Å². The molecule has 0 aliphatic carbocycles. The molecule has 0 amide bonds. The van der Waals surface area contributed by atoms with Gasteiger partial charge in [0.1, 0.15) is 0 Å². The second-order valence-electron chi connectivity index (χ2n) is 3.40. The van der Waals surface area contributed by atoms with Crippen LogP contribution in [-0.2, 0) is 14.6 Å². The molecule has 0 fully saturated rings. The lowest BCUT2D eigenvalue weighted by molar-refractivity contribution is -0.272. The van der Waals surface area contributed by atoms with E-state index in [-0.39, 0.29) is 5.97 Å². The number of unbranched alkanes of at least 4 members (excludes halogenated alkanes) is 5. The van der Waals surface area contributed by atoms with E-state index in [9.17, 15) is 4.79 Å². The summed E-state index contributed by atoms with van der Waals surface area (Å²) in [4.78, 5) is 19.9. The SMILES string of the molecule is CCCCCCCCOOC(=O)CC. The average Bonchev–Trinajstić information content (AvgIpc) is 2.21. The number of hydrogen-bond donors (Lipinski definition) is 0.